The van der Waals surface area contributed by atoms with Crippen LogP contribution in [0.4, 0.5) is 5.69 Å². The molecule has 0 amide bonds. The van der Waals surface area contributed by atoms with Crippen LogP contribution in [-0.4, -0.2) is 29.4 Å². The maximum Gasteiger partial charge on any atom is 0.302 e. The zero-order valence-corrected chi connectivity index (χ0v) is 15.2. The summed E-state index contributed by atoms with van der Waals surface area (Å²) >= 11 is 0. The lowest BCUT2D eigenvalue weighted by molar-refractivity contribution is -0.146. The van der Waals surface area contributed by atoms with Crippen LogP contribution in [0.1, 0.15) is 51.7 Å². The van der Waals surface area contributed by atoms with Gasteiger partial charge in [-0.05, 0) is 56.7 Å². The number of aryl methyl sites for hydroxylation is 2. The Morgan fingerprint density at radius 1 is 1.08 bits per heavy atom. The molecule has 0 saturated carbocycles. The summed E-state index contributed by atoms with van der Waals surface area (Å²) in [6.45, 7) is 6.29. The second-order valence-electron chi connectivity index (χ2n) is 6.15. The van der Waals surface area contributed by atoms with Crippen molar-refractivity contribution in [1.29, 1.82) is 0 Å². The third kappa shape index (κ3) is 8.00. The number of esters is 2. The lowest BCUT2D eigenvalue weighted by Crippen LogP contribution is -2.15. The normalized spacial score (nSPS) is 13.0. The van der Waals surface area contributed by atoms with E-state index in [-0.39, 0.29) is 35.1 Å². The van der Waals surface area contributed by atoms with Crippen LogP contribution in [0.3, 0.4) is 0 Å². The monoisotopic (exact) mass is 352 g/mol. The van der Waals surface area contributed by atoms with Gasteiger partial charge in [0.25, 0.3) is 0 Å². The lowest BCUT2D eigenvalue weighted by Gasteiger charge is -2.26. The summed E-state index contributed by atoms with van der Waals surface area (Å²) in [5, 5.41) is 20.7. The Morgan fingerprint density at radius 3 is 2.08 bits per heavy atom. The molecule has 0 bridgehead atoms. The van der Waals surface area contributed by atoms with Crippen LogP contribution in [0.15, 0.2) is 18.2 Å². The highest BCUT2D eigenvalue weighted by molar-refractivity contribution is 5.66. The van der Waals surface area contributed by atoms with Crippen LogP contribution in [0.5, 0.6) is 0 Å². The van der Waals surface area contributed by atoms with Crippen molar-refractivity contribution in [2.24, 2.45) is 0 Å². The summed E-state index contributed by atoms with van der Waals surface area (Å²) in [7, 11) is 0. The number of hydrogen-bond acceptors (Lipinski definition) is 7. The number of carbonyl (C=O) groups is 2. The van der Waals surface area contributed by atoms with E-state index in [4.69, 9.17) is 9.47 Å². The van der Waals surface area contributed by atoms with Gasteiger partial charge in [-0.1, -0.05) is 12.1 Å². The molecule has 0 aliphatic rings. The van der Waals surface area contributed by atoms with Gasteiger partial charge < -0.3 is 19.9 Å². The summed E-state index contributed by atoms with van der Waals surface area (Å²) in [6.07, 6.45) is 1.78. The summed E-state index contributed by atoms with van der Waals surface area (Å²) < 4.78 is 10.1. The molecule has 7 nitrogen and oxygen atoms in total. The average molecular weight is 352 g/mol. The third-order valence-electron chi connectivity index (χ3n) is 3.75. The van der Waals surface area contributed by atoms with E-state index in [0.717, 1.165) is 5.56 Å². The van der Waals surface area contributed by atoms with E-state index in [1.165, 1.54) is 13.8 Å². The van der Waals surface area contributed by atoms with Crippen molar-refractivity contribution < 1.29 is 24.3 Å². The average Bonchev–Trinajstić information content (AvgIpc) is 2.49. The molecule has 1 aromatic rings. The van der Waals surface area contributed by atoms with E-state index < -0.39 is 0 Å². The van der Waals surface area contributed by atoms with Crippen molar-refractivity contribution >= 4 is 17.6 Å². The van der Waals surface area contributed by atoms with Crippen molar-refractivity contribution in [3.05, 3.63) is 34.5 Å². The minimum Gasteiger partial charge on any atom is -0.733 e. The second-order valence-corrected chi connectivity index (χ2v) is 6.15. The molecule has 1 N–H and O–H groups in total. The molecule has 0 spiro atoms. The Morgan fingerprint density at radius 2 is 1.60 bits per heavy atom. The predicted octanol–water partition coefficient (Wildman–Crippen LogP) is 3.15. The van der Waals surface area contributed by atoms with Crippen molar-refractivity contribution in [3.63, 3.8) is 0 Å². The number of rotatable bonds is 9. The quantitative estimate of drug-likeness (QED) is 0.538. The maximum absolute atomic E-state index is 11.4. The van der Waals surface area contributed by atoms with Gasteiger partial charge in [0.2, 0.25) is 0 Å². The first kappa shape index (κ1) is 20.9. The van der Waals surface area contributed by atoms with Gasteiger partial charge in [0.05, 0.1) is 17.9 Å². The molecule has 0 radical (unpaired) electrons. The smallest absolute Gasteiger partial charge is 0.302 e. The molecule has 0 unspecified atom stereocenters. The molecule has 0 aliphatic heterocycles. The molecule has 7 heteroatoms. The molecule has 140 valence electrons. The largest absolute Gasteiger partial charge is 0.733 e. The number of ether oxygens (including phenoxy) is 2. The fourth-order valence-electron chi connectivity index (χ4n) is 2.57. The molecule has 0 aromatic heterocycles. The Kier molecular flexibility index (Phi) is 8.37. The highest BCUT2D eigenvalue weighted by Crippen LogP contribution is 2.24. The van der Waals surface area contributed by atoms with E-state index >= 15 is 0 Å². The number of carbonyl (C=O) groups excluding carboxylic acids is 2. The van der Waals surface area contributed by atoms with Gasteiger partial charge in [0.1, 0.15) is 0 Å². The van der Waals surface area contributed by atoms with Gasteiger partial charge >= 0.3 is 11.9 Å². The first-order valence-corrected chi connectivity index (χ1v) is 8.31. The van der Waals surface area contributed by atoms with Gasteiger partial charge in [0.15, 0.2) is 0 Å². The first-order valence-electron chi connectivity index (χ1n) is 8.31. The number of nitrogens with zero attached hydrogens (tertiary/aromatic N) is 1. The van der Waals surface area contributed by atoms with Crippen LogP contribution >= 0.6 is 0 Å². The zero-order valence-electron chi connectivity index (χ0n) is 15.2. The number of hydrogen-bond donors (Lipinski definition) is 1. The summed E-state index contributed by atoms with van der Waals surface area (Å²) in [6, 6.07) is 5.28. The van der Waals surface area contributed by atoms with E-state index in [0.29, 0.717) is 31.2 Å². The molecule has 0 aliphatic carbocycles. The fourth-order valence-corrected chi connectivity index (χ4v) is 2.57. The van der Waals surface area contributed by atoms with Gasteiger partial charge in [-0.3, -0.25) is 14.8 Å². The summed E-state index contributed by atoms with van der Waals surface area (Å²) in [4.78, 5) is 21.8. The number of benzene rings is 1. The van der Waals surface area contributed by atoms with Crippen LogP contribution < -0.4 is 5.23 Å². The summed E-state index contributed by atoms with van der Waals surface area (Å²) in [5.74, 6) is -0.677. The fraction of sp³-hybridized carbons (Fsp3) is 0.556. The van der Waals surface area contributed by atoms with Gasteiger partial charge in [0, 0.05) is 13.8 Å². The molecule has 1 aromatic carbocycles. The van der Waals surface area contributed by atoms with Crippen LogP contribution in [0, 0.1) is 5.21 Å². The second kappa shape index (κ2) is 10.0. The van der Waals surface area contributed by atoms with Gasteiger partial charge in [-0.25, -0.2) is 0 Å². The Balaban J connectivity index is 2.72. The van der Waals surface area contributed by atoms with E-state index in [1.807, 2.05) is 6.07 Å². The first-order chi connectivity index (χ1) is 11.7. The van der Waals surface area contributed by atoms with Crippen molar-refractivity contribution in [1.82, 2.24) is 0 Å². The minimum absolute atomic E-state index is 0.148. The SMILES string of the molecule is CC(=O)O[C@H](C)CCc1ccc(CC[C@H](C)OC(C)=O)cc1N([O-])O. The molecule has 25 heavy (non-hydrogen) atoms. The molecule has 1 rings (SSSR count). The van der Waals surface area contributed by atoms with Crippen LogP contribution in [0.25, 0.3) is 0 Å². The molecular formula is C18H26NO6-. The Hall–Kier alpha value is -2.12. The highest BCUT2D eigenvalue weighted by Gasteiger charge is 2.11. The van der Waals surface area contributed by atoms with Crippen molar-refractivity contribution in [3.8, 4) is 0 Å². The molecule has 2 atom stereocenters. The lowest BCUT2D eigenvalue weighted by atomic mass is 10.00. The number of anilines is 1. The van der Waals surface area contributed by atoms with Crippen molar-refractivity contribution in [2.75, 3.05) is 5.23 Å². The maximum atomic E-state index is 11.4. The van der Waals surface area contributed by atoms with Gasteiger partial charge in [-0.2, -0.15) is 0 Å². The Labute approximate surface area is 148 Å². The Bertz CT molecular complexity index is 587. The molecule has 0 fully saturated rings. The van der Waals surface area contributed by atoms with E-state index in [2.05, 4.69) is 0 Å². The van der Waals surface area contributed by atoms with E-state index in [9.17, 15) is 20.0 Å². The molecular weight excluding hydrogens is 326 g/mol. The van der Waals surface area contributed by atoms with Crippen LogP contribution in [-0.2, 0) is 31.9 Å². The van der Waals surface area contributed by atoms with Gasteiger partial charge in [-0.15, -0.1) is 0 Å². The molecule has 0 saturated heterocycles. The standard InChI is InChI=1S/C18H26NO6/c1-12(24-14(3)20)5-7-16-8-10-17(18(11-16)19(22)23)9-6-13(2)25-15(4)21/h8,10-13,22H,5-7,9H2,1-4H3/q-1/t12-,13+/m0/s1. The summed E-state index contributed by atoms with van der Waals surface area (Å²) in [5.41, 5.74) is 1.71. The minimum atomic E-state index is -0.349. The molecule has 0 heterocycles. The predicted molar refractivity (Wildman–Crippen MR) is 93.2 cm³/mol. The van der Waals surface area contributed by atoms with Crippen molar-refractivity contribution in [2.45, 2.75) is 65.6 Å². The van der Waals surface area contributed by atoms with E-state index in [1.54, 1.807) is 26.0 Å². The topological polar surface area (TPSA) is 99.1 Å². The van der Waals surface area contributed by atoms with Crippen LogP contribution in [0.2, 0.25) is 0 Å². The zero-order chi connectivity index (χ0) is 19.0. The third-order valence-corrected chi connectivity index (χ3v) is 3.75. The highest BCUT2D eigenvalue weighted by atomic mass is 16.8.